The Morgan fingerprint density at radius 3 is 2.40 bits per heavy atom. The number of hydrogen-bond donors (Lipinski definition) is 0. The Morgan fingerprint density at radius 1 is 1.30 bits per heavy atom. The third kappa shape index (κ3) is 4.30. The Bertz CT molecular complexity index is 123. The molecule has 10 heavy (non-hydrogen) atoms. The van der Waals surface area contributed by atoms with E-state index in [9.17, 15) is 0 Å². The molecule has 58 valence electrons. The molecule has 0 saturated carbocycles. The molecule has 0 rings (SSSR count). The maximum atomic E-state index is 4.17. The number of allylic oxidation sites excluding steroid dienone is 2. The molecule has 0 N–H and O–H groups in total. The van der Waals surface area contributed by atoms with Crippen LogP contribution >= 0.6 is 0 Å². The molecule has 0 saturated heterocycles. The van der Waals surface area contributed by atoms with Gasteiger partial charge in [-0.3, -0.25) is 4.99 Å². The Balaban J connectivity index is 3.82. The first-order valence-corrected chi connectivity index (χ1v) is 4.03. The predicted octanol–water partition coefficient (Wildman–Crippen LogP) is 2.82. The van der Waals surface area contributed by atoms with E-state index in [1.165, 1.54) is 5.57 Å². The summed E-state index contributed by atoms with van der Waals surface area (Å²) in [5.74, 6) is 0. The molecule has 1 heteroatoms. The molecular formula is C9H17N. The lowest BCUT2D eigenvalue weighted by Crippen LogP contribution is -1.82. The van der Waals surface area contributed by atoms with Crippen LogP contribution in [0.15, 0.2) is 16.6 Å². The van der Waals surface area contributed by atoms with E-state index in [0.717, 1.165) is 19.4 Å². The van der Waals surface area contributed by atoms with Gasteiger partial charge in [0.1, 0.15) is 0 Å². The largest absolute Gasteiger partial charge is 0.293 e. The third-order valence-corrected chi connectivity index (χ3v) is 1.31. The summed E-state index contributed by atoms with van der Waals surface area (Å²) in [6.07, 6.45) is 6.40. The number of rotatable bonds is 4. The normalized spacial score (nSPS) is 12.9. The minimum Gasteiger partial charge on any atom is -0.293 e. The lowest BCUT2D eigenvalue weighted by atomic mass is 10.2. The van der Waals surface area contributed by atoms with Gasteiger partial charge in [-0.1, -0.05) is 19.9 Å². The lowest BCUT2D eigenvalue weighted by molar-refractivity contribution is 1.10. The fraction of sp³-hybridized carbons (Fsp3) is 0.667. The standard InChI is InChI=1S/C9H17N/c1-4-7-9(5-2)8-10-6-3/h7-8H,4-6H2,1-3H3/b9-7-,10-8?. The molecule has 1 nitrogen and oxygen atoms in total. The maximum Gasteiger partial charge on any atom is 0.0361 e. The second-order valence-electron chi connectivity index (χ2n) is 2.17. The van der Waals surface area contributed by atoms with Crippen LogP contribution in [0.5, 0.6) is 0 Å². The van der Waals surface area contributed by atoms with Crippen molar-refractivity contribution in [3.8, 4) is 0 Å². The average molecular weight is 139 g/mol. The van der Waals surface area contributed by atoms with Crippen molar-refractivity contribution < 1.29 is 0 Å². The molecule has 0 atom stereocenters. The molecule has 0 aromatic rings. The fourth-order valence-corrected chi connectivity index (χ4v) is 0.759. The summed E-state index contributed by atoms with van der Waals surface area (Å²) in [5.41, 5.74) is 1.35. The molecule has 0 heterocycles. The molecule has 0 unspecified atom stereocenters. The van der Waals surface area contributed by atoms with E-state index in [4.69, 9.17) is 0 Å². The van der Waals surface area contributed by atoms with Crippen molar-refractivity contribution in [2.24, 2.45) is 4.99 Å². The minimum atomic E-state index is 0.890. The van der Waals surface area contributed by atoms with Crippen LogP contribution in [-0.2, 0) is 0 Å². The highest BCUT2D eigenvalue weighted by Gasteiger charge is 1.84. The van der Waals surface area contributed by atoms with E-state index < -0.39 is 0 Å². The van der Waals surface area contributed by atoms with Gasteiger partial charge in [0.05, 0.1) is 0 Å². The van der Waals surface area contributed by atoms with Crippen LogP contribution in [0.1, 0.15) is 33.6 Å². The molecule has 0 aliphatic carbocycles. The first-order valence-electron chi connectivity index (χ1n) is 4.03. The van der Waals surface area contributed by atoms with Gasteiger partial charge in [0.2, 0.25) is 0 Å². The number of hydrogen-bond acceptors (Lipinski definition) is 1. The zero-order chi connectivity index (χ0) is 7.82. The first kappa shape index (κ1) is 9.41. The highest BCUT2D eigenvalue weighted by Crippen LogP contribution is 1.98. The van der Waals surface area contributed by atoms with Crippen LogP contribution in [0.4, 0.5) is 0 Å². The van der Waals surface area contributed by atoms with Crippen molar-refractivity contribution in [2.75, 3.05) is 6.54 Å². The van der Waals surface area contributed by atoms with Gasteiger partial charge in [-0.25, -0.2) is 0 Å². The molecule has 0 aromatic heterocycles. The smallest absolute Gasteiger partial charge is 0.0361 e. The van der Waals surface area contributed by atoms with Crippen molar-refractivity contribution in [2.45, 2.75) is 33.6 Å². The summed E-state index contributed by atoms with van der Waals surface area (Å²) in [4.78, 5) is 4.17. The Kier molecular flexibility index (Phi) is 6.14. The second-order valence-corrected chi connectivity index (χ2v) is 2.17. The van der Waals surface area contributed by atoms with Crippen LogP contribution in [0.25, 0.3) is 0 Å². The van der Waals surface area contributed by atoms with E-state index in [-0.39, 0.29) is 0 Å². The zero-order valence-corrected chi connectivity index (χ0v) is 7.22. The predicted molar refractivity (Wildman–Crippen MR) is 47.7 cm³/mol. The Hall–Kier alpha value is -0.590. The molecule has 0 amide bonds. The number of nitrogens with zero attached hydrogens (tertiary/aromatic N) is 1. The van der Waals surface area contributed by atoms with Gasteiger partial charge in [0, 0.05) is 12.8 Å². The van der Waals surface area contributed by atoms with E-state index in [1.54, 1.807) is 0 Å². The lowest BCUT2D eigenvalue weighted by Gasteiger charge is -1.93. The van der Waals surface area contributed by atoms with Crippen molar-refractivity contribution in [3.63, 3.8) is 0 Å². The molecule has 0 radical (unpaired) electrons. The van der Waals surface area contributed by atoms with Crippen LogP contribution in [0, 0.1) is 0 Å². The number of aliphatic imine (C=N–C) groups is 1. The SMILES string of the molecule is CC/C=C(\C=NCC)CC. The molecule has 0 aromatic carbocycles. The molecule has 0 aliphatic heterocycles. The molecule has 0 fully saturated rings. The first-order chi connectivity index (χ1) is 4.85. The molecule has 0 bridgehead atoms. The van der Waals surface area contributed by atoms with Gasteiger partial charge in [-0.05, 0) is 25.3 Å². The van der Waals surface area contributed by atoms with Crippen molar-refractivity contribution in [3.05, 3.63) is 11.6 Å². The van der Waals surface area contributed by atoms with Gasteiger partial charge < -0.3 is 0 Å². The minimum absolute atomic E-state index is 0.890. The Morgan fingerprint density at radius 2 is 2.00 bits per heavy atom. The molecule has 0 aliphatic rings. The summed E-state index contributed by atoms with van der Waals surface area (Å²) in [5, 5.41) is 0. The van der Waals surface area contributed by atoms with Gasteiger partial charge in [0.15, 0.2) is 0 Å². The van der Waals surface area contributed by atoms with Gasteiger partial charge in [-0.15, -0.1) is 0 Å². The quantitative estimate of drug-likeness (QED) is 0.531. The zero-order valence-electron chi connectivity index (χ0n) is 7.22. The highest BCUT2D eigenvalue weighted by molar-refractivity contribution is 5.78. The summed E-state index contributed by atoms with van der Waals surface area (Å²) in [7, 11) is 0. The topological polar surface area (TPSA) is 12.4 Å². The van der Waals surface area contributed by atoms with Crippen molar-refractivity contribution >= 4 is 6.21 Å². The summed E-state index contributed by atoms with van der Waals surface area (Å²) in [6.45, 7) is 7.25. The van der Waals surface area contributed by atoms with Crippen molar-refractivity contribution in [1.82, 2.24) is 0 Å². The van der Waals surface area contributed by atoms with E-state index in [0.29, 0.717) is 0 Å². The van der Waals surface area contributed by atoms with Crippen molar-refractivity contribution in [1.29, 1.82) is 0 Å². The Labute approximate surface area is 63.9 Å². The summed E-state index contributed by atoms with van der Waals surface area (Å²) >= 11 is 0. The van der Waals surface area contributed by atoms with Crippen LogP contribution in [-0.4, -0.2) is 12.8 Å². The maximum absolute atomic E-state index is 4.17. The van der Waals surface area contributed by atoms with E-state index >= 15 is 0 Å². The van der Waals surface area contributed by atoms with E-state index in [1.807, 2.05) is 6.21 Å². The van der Waals surface area contributed by atoms with Crippen LogP contribution < -0.4 is 0 Å². The third-order valence-electron chi connectivity index (χ3n) is 1.31. The molecule has 0 spiro atoms. The molecular weight excluding hydrogens is 122 g/mol. The highest BCUT2D eigenvalue weighted by atomic mass is 14.7. The van der Waals surface area contributed by atoms with Gasteiger partial charge in [-0.2, -0.15) is 0 Å². The monoisotopic (exact) mass is 139 g/mol. The van der Waals surface area contributed by atoms with Gasteiger partial charge in [0.25, 0.3) is 0 Å². The van der Waals surface area contributed by atoms with Gasteiger partial charge >= 0.3 is 0 Å². The summed E-state index contributed by atoms with van der Waals surface area (Å²) in [6, 6.07) is 0. The van der Waals surface area contributed by atoms with Crippen LogP contribution in [0.2, 0.25) is 0 Å². The fourth-order valence-electron chi connectivity index (χ4n) is 0.759. The average Bonchev–Trinajstić information content (AvgIpc) is 1.98. The second kappa shape index (κ2) is 6.53. The van der Waals surface area contributed by atoms with E-state index in [2.05, 4.69) is 31.8 Å². The van der Waals surface area contributed by atoms with Crippen LogP contribution in [0.3, 0.4) is 0 Å². The summed E-state index contributed by atoms with van der Waals surface area (Å²) < 4.78 is 0.